The molecule has 0 aromatic carbocycles. The molecule has 0 aliphatic carbocycles. The van der Waals surface area contributed by atoms with Gasteiger partial charge < -0.3 is 14.9 Å². The van der Waals surface area contributed by atoms with Gasteiger partial charge in [0.2, 0.25) is 5.67 Å². The van der Waals surface area contributed by atoms with E-state index < -0.39 is 41.5 Å². The van der Waals surface area contributed by atoms with Gasteiger partial charge in [-0.25, -0.2) is 9.18 Å². The maximum atomic E-state index is 14.7. The quantitative estimate of drug-likeness (QED) is 0.574. The number of aromatic nitrogens is 2. The summed E-state index contributed by atoms with van der Waals surface area (Å²) >= 11 is 0. The second-order valence-electron chi connectivity index (χ2n) is 4.57. The Labute approximate surface area is 112 Å². The predicted octanol–water partition coefficient (Wildman–Crippen LogP) is -1.48. The first kappa shape index (κ1) is 14.5. The van der Waals surface area contributed by atoms with Crippen molar-refractivity contribution in [3.63, 3.8) is 0 Å². The number of nitrogens with one attached hydrogen (secondary N) is 1. The summed E-state index contributed by atoms with van der Waals surface area (Å²) in [6.45, 7) is 1.29. The fourth-order valence-electron chi connectivity index (χ4n) is 2.12. The maximum Gasteiger partial charge on any atom is 0.330 e. The van der Waals surface area contributed by atoms with E-state index in [9.17, 15) is 24.2 Å². The van der Waals surface area contributed by atoms with Crippen LogP contribution in [0.1, 0.15) is 13.2 Å². The van der Waals surface area contributed by atoms with Crippen molar-refractivity contribution in [3.05, 3.63) is 33.1 Å². The van der Waals surface area contributed by atoms with E-state index in [0.717, 1.165) is 16.8 Å². The molecule has 7 nitrogen and oxygen atoms in total. The number of aliphatic hydroxyl groups is 2. The number of aliphatic hydroxyl groups excluding tert-OH is 2. The van der Waals surface area contributed by atoms with E-state index in [1.165, 1.54) is 6.92 Å². The largest absolute Gasteiger partial charge is 0.391 e. The highest BCUT2D eigenvalue weighted by Crippen LogP contribution is 2.41. The minimum absolute atomic E-state index is 0.665. The van der Waals surface area contributed by atoms with Crippen LogP contribution in [-0.2, 0) is 4.74 Å². The third kappa shape index (κ3) is 2.06. The molecule has 8 heteroatoms. The molecule has 1 fully saturated rings. The molecule has 1 aliphatic rings. The number of alkyl halides is 1. The van der Waals surface area contributed by atoms with Gasteiger partial charge in [0.15, 0.2) is 6.23 Å². The third-order valence-corrected chi connectivity index (χ3v) is 3.19. The van der Waals surface area contributed by atoms with Crippen molar-refractivity contribution in [3.8, 4) is 12.3 Å². The van der Waals surface area contributed by atoms with Gasteiger partial charge in [0, 0.05) is 12.3 Å². The van der Waals surface area contributed by atoms with Gasteiger partial charge in [0.25, 0.3) is 5.56 Å². The zero-order valence-electron chi connectivity index (χ0n) is 10.5. The van der Waals surface area contributed by atoms with Crippen LogP contribution in [0.3, 0.4) is 0 Å². The van der Waals surface area contributed by atoms with Crippen molar-refractivity contribution in [1.82, 2.24) is 9.55 Å². The highest BCUT2D eigenvalue weighted by Gasteiger charge is 2.58. The first-order valence-corrected chi connectivity index (χ1v) is 5.81. The summed E-state index contributed by atoms with van der Waals surface area (Å²) in [4.78, 5) is 24.6. The molecule has 5 atom stereocenters. The van der Waals surface area contributed by atoms with Crippen molar-refractivity contribution >= 4 is 0 Å². The van der Waals surface area contributed by atoms with Gasteiger partial charge in [0.1, 0.15) is 12.2 Å². The van der Waals surface area contributed by atoms with Crippen LogP contribution in [0.25, 0.3) is 0 Å². The van der Waals surface area contributed by atoms with Gasteiger partial charge in [-0.05, 0) is 6.92 Å². The van der Waals surface area contributed by atoms with Crippen molar-refractivity contribution < 1.29 is 19.3 Å². The molecule has 0 spiro atoms. The maximum absolute atomic E-state index is 14.7. The molecule has 0 amide bonds. The molecule has 2 rings (SSSR count). The van der Waals surface area contributed by atoms with E-state index in [0.29, 0.717) is 0 Å². The lowest BCUT2D eigenvalue weighted by molar-refractivity contribution is -0.0803. The molecule has 2 heterocycles. The number of terminal acetylenes is 1. The first-order chi connectivity index (χ1) is 9.31. The second kappa shape index (κ2) is 4.86. The standard InChI is InChI=1S/C12H13FN2O5/c1-3-12(13)9(18)8(6(2)16)20-10(12)15-5-4-7(17)14-11(15)19/h1,4-6,8-10,16,18H,2H3,(H,14,17,19)/t6-,8+,9?,10+,12?/m0/s1. The molecule has 0 saturated carbocycles. The zero-order valence-corrected chi connectivity index (χ0v) is 10.5. The fraction of sp³-hybridized carbons (Fsp3) is 0.500. The molecule has 2 unspecified atom stereocenters. The lowest BCUT2D eigenvalue weighted by Crippen LogP contribution is -2.45. The Kier molecular flexibility index (Phi) is 3.52. The van der Waals surface area contributed by atoms with Crippen LogP contribution in [0.2, 0.25) is 0 Å². The summed E-state index contributed by atoms with van der Waals surface area (Å²) in [5.41, 5.74) is -4.30. The summed E-state index contributed by atoms with van der Waals surface area (Å²) in [6.07, 6.45) is 0.158. The van der Waals surface area contributed by atoms with E-state index in [1.807, 2.05) is 4.98 Å². The number of hydrogen-bond acceptors (Lipinski definition) is 5. The van der Waals surface area contributed by atoms with Gasteiger partial charge in [-0.3, -0.25) is 14.3 Å². The molecule has 1 saturated heterocycles. The Morgan fingerprint density at radius 3 is 2.80 bits per heavy atom. The molecule has 0 bridgehead atoms. The molecular formula is C12H13FN2O5. The highest BCUT2D eigenvalue weighted by molar-refractivity contribution is 5.20. The molecule has 1 aromatic heterocycles. The molecule has 20 heavy (non-hydrogen) atoms. The van der Waals surface area contributed by atoms with Gasteiger partial charge in [-0.1, -0.05) is 5.92 Å². The molecule has 108 valence electrons. The van der Waals surface area contributed by atoms with Crippen LogP contribution in [0.4, 0.5) is 4.39 Å². The van der Waals surface area contributed by atoms with E-state index in [-0.39, 0.29) is 0 Å². The second-order valence-corrected chi connectivity index (χ2v) is 4.57. The van der Waals surface area contributed by atoms with Crippen molar-refractivity contribution in [2.75, 3.05) is 0 Å². The number of ether oxygens (including phenoxy) is 1. The minimum Gasteiger partial charge on any atom is -0.391 e. The van der Waals surface area contributed by atoms with E-state index in [4.69, 9.17) is 11.2 Å². The smallest absolute Gasteiger partial charge is 0.330 e. The molecular weight excluding hydrogens is 271 g/mol. The molecule has 3 N–H and O–H groups in total. The fourth-order valence-corrected chi connectivity index (χ4v) is 2.12. The molecule has 1 aromatic rings. The topological polar surface area (TPSA) is 105 Å². The summed E-state index contributed by atoms with van der Waals surface area (Å²) in [5, 5.41) is 19.3. The monoisotopic (exact) mass is 284 g/mol. The predicted molar refractivity (Wildman–Crippen MR) is 65.6 cm³/mol. The zero-order chi connectivity index (χ0) is 15.1. The summed E-state index contributed by atoms with van der Waals surface area (Å²) in [5.74, 6) is 1.76. The summed E-state index contributed by atoms with van der Waals surface area (Å²) < 4.78 is 20.6. The number of rotatable bonds is 2. The minimum atomic E-state index is -2.70. The van der Waals surface area contributed by atoms with Crippen LogP contribution in [0.5, 0.6) is 0 Å². The SMILES string of the molecule is C#CC1(F)C(O)[C@@H]([C@H](C)O)O[C@H]1n1ccc(=O)[nH]c1=O. The highest BCUT2D eigenvalue weighted by atomic mass is 19.1. The van der Waals surface area contributed by atoms with E-state index in [2.05, 4.69) is 0 Å². The Bertz CT molecular complexity index is 661. The first-order valence-electron chi connectivity index (χ1n) is 5.81. The van der Waals surface area contributed by atoms with Crippen LogP contribution in [0.15, 0.2) is 21.9 Å². The third-order valence-electron chi connectivity index (χ3n) is 3.19. The van der Waals surface area contributed by atoms with Crippen molar-refractivity contribution in [1.29, 1.82) is 0 Å². The van der Waals surface area contributed by atoms with Gasteiger partial charge in [-0.2, -0.15) is 0 Å². The van der Waals surface area contributed by atoms with E-state index >= 15 is 0 Å². The lowest BCUT2D eigenvalue weighted by Gasteiger charge is -2.23. The number of aromatic amines is 1. The number of nitrogens with zero attached hydrogens (tertiary/aromatic N) is 1. The Hall–Kier alpha value is -1.95. The van der Waals surface area contributed by atoms with Crippen LogP contribution < -0.4 is 11.2 Å². The summed E-state index contributed by atoms with van der Waals surface area (Å²) in [7, 11) is 0. The normalized spacial score (nSPS) is 34.6. The molecule has 0 radical (unpaired) electrons. The van der Waals surface area contributed by atoms with Crippen molar-refractivity contribution in [2.24, 2.45) is 0 Å². The number of hydrogen-bond donors (Lipinski definition) is 3. The van der Waals surface area contributed by atoms with Gasteiger partial charge in [0.05, 0.1) is 6.10 Å². The van der Waals surface area contributed by atoms with Gasteiger partial charge >= 0.3 is 5.69 Å². The van der Waals surface area contributed by atoms with E-state index in [1.54, 1.807) is 5.92 Å². The average Bonchev–Trinajstić information content (AvgIpc) is 2.64. The van der Waals surface area contributed by atoms with Crippen LogP contribution >= 0.6 is 0 Å². The number of halogens is 1. The lowest BCUT2D eigenvalue weighted by atomic mass is 9.95. The molecule has 1 aliphatic heterocycles. The average molecular weight is 284 g/mol. The summed E-state index contributed by atoms with van der Waals surface area (Å²) in [6, 6.07) is 0.990. The van der Waals surface area contributed by atoms with Crippen LogP contribution in [-0.4, -0.2) is 43.7 Å². The Balaban J connectivity index is 2.53. The van der Waals surface area contributed by atoms with Crippen molar-refractivity contribution in [2.45, 2.75) is 37.1 Å². The Morgan fingerprint density at radius 1 is 1.65 bits per heavy atom. The van der Waals surface area contributed by atoms with Crippen LogP contribution in [0, 0.1) is 12.3 Å². The number of H-pyrrole nitrogens is 1. The van der Waals surface area contributed by atoms with Gasteiger partial charge in [-0.15, -0.1) is 6.42 Å². The Morgan fingerprint density at radius 2 is 2.30 bits per heavy atom.